The van der Waals surface area contributed by atoms with Gasteiger partial charge in [0.2, 0.25) is 5.91 Å². The van der Waals surface area contributed by atoms with E-state index in [1.165, 1.54) is 6.07 Å². The molecule has 1 aromatic carbocycles. The molecule has 0 atom stereocenters. The Bertz CT molecular complexity index is 560. The van der Waals surface area contributed by atoms with Gasteiger partial charge in [-0.1, -0.05) is 17.7 Å². The van der Waals surface area contributed by atoms with Gasteiger partial charge >= 0.3 is 0 Å². The number of amides is 1. The number of carbonyl (C=O) groups excluding carboxylic acids is 1. The minimum Gasteiger partial charge on any atom is -0.352 e. The second-order valence-corrected chi connectivity index (χ2v) is 5.71. The fraction of sp³-hybridized carbons (Fsp3) is 0.467. The third-order valence-corrected chi connectivity index (χ3v) is 3.73. The molecule has 0 saturated heterocycles. The van der Waals surface area contributed by atoms with Crippen molar-refractivity contribution >= 4 is 47.4 Å². The number of hydrogen-bond donors (Lipinski definition) is 2. The summed E-state index contributed by atoms with van der Waals surface area (Å²) >= 11 is 6.02. The van der Waals surface area contributed by atoms with Crippen LogP contribution in [0.15, 0.2) is 23.2 Å². The van der Waals surface area contributed by atoms with Crippen LogP contribution in [0.5, 0.6) is 0 Å². The van der Waals surface area contributed by atoms with Crippen molar-refractivity contribution in [1.82, 2.24) is 15.5 Å². The van der Waals surface area contributed by atoms with Crippen molar-refractivity contribution in [3.05, 3.63) is 34.6 Å². The van der Waals surface area contributed by atoms with Crippen molar-refractivity contribution in [2.45, 2.75) is 25.4 Å². The number of guanidine groups is 1. The predicted molar refractivity (Wildman–Crippen MR) is 101 cm³/mol. The molecule has 2 rings (SSSR count). The quantitative estimate of drug-likeness (QED) is 0.408. The summed E-state index contributed by atoms with van der Waals surface area (Å²) in [5.41, 5.74) is 0.400. The molecule has 0 spiro atoms. The molecule has 1 aliphatic rings. The summed E-state index contributed by atoms with van der Waals surface area (Å²) in [5, 5.41) is 6.21. The van der Waals surface area contributed by atoms with Crippen molar-refractivity contribution in [1.29, 1.82) is 0 Å². The molecule has 1 amide bonds. The highest BCUT2D eigenvalue weighted by Gasteiger charge is 2.23. The molecule has 128 valence electrons. The van der Waals surface area contributed by atoms with Crippen LogP contribution in [0.25, 0.3) is 0 Å². The zero-order valence-electron chi connectivity index (χ0n) is 13.1. The van der Waals surface area contributed by atoms with Crippen molar-refractivity contribution in [2.75, 3.05) is 20.6 Å². The lowest BCUT2D eigenvalue weighted by molar-refractivity contribution is -0.120. The van der Waals surface area contributed by atoms with Gasteiger partial charge in [-0.15, -0.1) is 24.0 Å². The van der Waals surface area contributed by atoms with E-state index in [1.54, 1.807) is 31.1 Å². The molecular weight excluding hydrogens is 434 g/mol. The average molecular weight is 455 g/mol. The number of aliphatic imine (C=N–C) groups is 1. The maximum absolute atomic E-state index is 13.8. The summed E-state index contributed by atoms with van der Waals surface area (Å²) in [5.74, 6) is 0.0764. The minimum absolute atomic E-state index is 0. The molecule has 0 bridgehead atoms. The SMILES string of the molecule is CN=C(NCC(=O)NC1CC1)N(C)Cc1c(F)cccc1Cl.I. The van der Waals surface area contributed by atoms with E-state index in [0.29, 0.717) is 22.6 Å². The van der Waals surface area contributed by atoms with Crippen molar-refractivity contribution in [3.63, 3.8) is 0 Å². The second kappa shape index (κ2) is 9.27. The van der Waals surface area contributed by atoms with E-state index in [1.807, 2.05) is 0 Å². The molecule has 0 aliphatic heterocycles. The fourth-order valence-electron chi connectivity index (χ4n) is 2.05. The maximum Gasteiger partial charge on any atom is 0.239 e. The number of benzene rings is 1. The standard InChI is InChI=1S/C15H20ClFN4O.HI/c1-18-15(19-8-14(22)20-10-6-7-10)21(2)9-11-12(16)4-3-5-13(11)17;/h3-5,10H,6-9H2,1-2H3,(H,18,19)(H,20,22);1H. The lowest BCUT2D eigenvalue weighted by Crippen LogP contribution is -2.44. The molecule has 1 aromatic rings. The number of halogens is 3. The Morgan fingerprint density at radius 1 is 1.48 bits per heavy atom. The Morgan fingerprint density at radius 3 is 2.74 bits per heavy atom. The smallest absolute Gasteiger partial charge is 0.239 e. The van der Waals surface area contributed by atoms with Crippen LogP contribution in [0.2, 0.25) is 5.02 Å². The van der Waals surface area contributed by atoms with Crippen LogP contribution in [-0.2, 0) is 11.3 Å². The lowest BCUT2D eigenvalue weighted by atomic mass is 10.2. The Balaban J connectivity index is 0.00000264. The third kappa shape index (κ3) is 6.14. The van der Waals surface area contributed by atoms with E-state index in [-0.39, 0.29) is 48.8 Å². The molecule has 1 aliphatic carbocycles. The first-order valence-electron chi connectivity index (χ1n) is 7.15. The molecule has 0 radical (unpaired) electrons. The van der Waals surface area contributed by atoms with Crippen molar-refractivity contribution in [3.8, 4) is 0 Å². The van der Waals surface area contributed by atoms with Gasteiger partial charge in [0.15, 0.2) is 5.96 Å². The van der Waals surface area contributed by atoms with E-state index < -0.39 is 0 Å². The number of carbonyl (C=O) groups is 1. The molecule has 23 heavy (non-hydrogen) atoms. The molecule has 5 nitrogen and oxygen atoms in total. The van der Waals surface area contributed by atoms with Gasteiger partial charge in [-0.2, -0.15) is 0 Å². The monoisotopic (exact) mass is 454 g/mol. The summed E-state index contributed by atoms with van der Waals surface area (Å²) in [4.78, 5) is 17.5. The topological polar surface area (TPSA) is 56.7 Å². The normalized spacial score (nSPS) is 14.0. The van der Waals surface area contributed by atoms with Gasteiger partial charge in [-0.3, -0.25) is 9.79 Å². The maximum atomic E-state index is 13.8. The molecule has 8 heteroatoms. The van der Waals surface area contributed by atoms with Crippen LogP contribution < -0.4 is 10.6 Å². The zero-order chi connectivity index (χ0) is 16.1. The van der Waals surface area contributed by atoms with Crippen molar-refractivity contribution in [2.24, 2.45) is 4.99 Å². The fourth-order valence-corrected chi connectivity index (χ4v) is 2.27. The highest BCUT2D eigenvalue weighted by atomic mass is 127. The number of nitrogens with zero attached hydrogens (tertiary/aromatic N) is 2. The first-order chi connectivity index (χ1) is 10.5. The highest BCUT2D eigenvalue weighted by molar-refractivity contribution is 14.0. The molecular formula is C15H21ClFIN4O. The summed E-state index contributed by atoms with van der Waals surface area (Å²) < 4.78 is 13.8. The van der Waals surface area contributed by atoms with Crippen molar-refractivity contribution < 1.29 is 9.18 Å². The minimum atomic E-state index is -0.360. The van der Waals surface area contributed by atoms with Gasteiger partial charge in [-0.05, 0) is 25.0 Å². The van der Waals surface area contributed by atoms with E-state index in [9.17, 15) is 9.18 Å². The molecule has 1 saturated carbocycles. The van der Waals surface area contributed by atoms with Gasteiger partial charge in [-0.25, -0.2) is 4.39 Å². The molecule has 1 fully saturated rings. The first kappa shape index (κ1) is 20.0. The Hall–Kier alpha value is -1.09. The average Bonchev–Trinajstić information content (AvgIpc) is 3.27. The van der Waals surface area contributed by atoms with Crippen LogP contribution in [0, 0.1) is 5.82 Å². The van der Waals surface area contributed by atoms with Gasteiger partial charge in [0, 0.05) is 37.3 Å². The van der Waals surface area contributed by atoms with Gasteiger partial charge in [0.1, 0.15) is 5.82 Å². The number of nitrogens with one attached hydrogen (secondary N) is 2. The first-order valence-corrected chi connectivity index (χ1v) is 7.53. The highest BCUT2D eigenvalue weighted by Crippen LogP contribution is 2.20. The van der Waals surface area contributed by atoms with Crippen LogP contribution in [-0.4, -0.2) is 43.4 Å². The Morgan fingerprint density at radius 2 is 2.17 bits per heavy atom. The zero-order valence-corrected chi connectivity index (χ0v) is 16.2. The lowest BCUT2D eigenvalue weighted by Gasteiger charge is -2.22. The Labute approximate surface area is 157 Å². The molecule has 0 heterocycles. The van der Waals surface area contributed by atoms with Crippen LogP contribution >= 0.6 is 35.6 Å². The Kier molecular flexibility index (Phi) is 8.04. The van der Waals surface area contributed by atoms with Crippen LogP contribution in [0.3, 0.4) is 0 Å². The van der Waals surface area contributed by atoms with Crippen LogP contribution in [0.4, 0.5) is 4.39 Å². The molecule has 2 N–H and O–H groups in total. The third-order valence-electron chi connectivity index (χ3n) is 3.38. The summed E-state index contributed by atoms with van der Waals surface area (Å²) in [6.45, 7) is 0.397. The molecule has 0 unspecified atom stereocenters. The van der Waals surface area contributed by atoms with E-state index in [4.69, 9.17) is 11.6 Å². The van der Waals surface area contributed by atoms with Gasteiger partial charge in [0.25, 0.3) is 0 Å². The van der Waals surface area contributed by atoms with Crippen LogP contribution in [0.1, 0.15) is 18.4 Å². The largest absolute Gasteiger partial charge is 0.352 e. The summed E-state index contributed by atoms with van der Waals surface area (Å²) in [6, 6.07) is 4.91. The predicted octanol–water partition coefficient (Wildman–Crippen LogP) is 2.38. The number of hydrogen-bond acceptors (Lipinski definition) is 2. The molecule has 0 aromatic heterocycles. The van der Waals surface area contributed by atoms with E-state index in [0.717, 1.165) is 12.8 Å². The summed E-state index contributed by atoms with van der Waals surface area (Å²) in [6.07, 6.45) is 2.10. The van der Waals surface area contributed by atoms with Gasteiger partial charge < -0.3 is 15.5 Å². The number of rotatable bonds is 5. The summed E-state index contributed by atoms with van der Waals surface area (Å²) in [7, 11) is 3.37. The van der Waals surface area contributed by atoms with E-state index in [2.05, 4.69) is 15.6 Å². The second-order valence-electron chi connectivity index (χ2n) is 5.30. The van der Waals surface area contributed by atoms with E-state index >= 15 is 0 Å². The van der Waals surface area contributed by atoms with Gasteiger partial charge in [0.05, 0.1) is 6.54 Å².